The first-order chi connectivity index (χ1) is 6.27. The molecular formula is C7H6N4OS. The van der Waals surface area contributed by atoms with Crippen LogP contribution in [0.15, 0.2) is 18.6 Å². The van der Waals surface area contributed by atoms with Gasteiger partial charge in [-0.25, -0.2) is 0 Å². The molecule has 2 heterocycles. The molecule has 0 unspecified atom stereocenters. The molecule has 6 heteroatoms. The maximum Gasteiger partial charge on any atom is 0.217 e. The van der Waals surface area contributed by atoms with Crippen molar-refractivity contribution in [1.82, 2.24) is 18.5 Å². The molecule has 2 aromatic rings. The van der Waals surface area contributed by atoms with Gasteiger partial charge < -0.3 is 0 Å². The van der Waals surface area contributed by atoms with E-state index < -0.39 is 0 Å². The van der Waals surface area contributed by atoms with Crippen molar-refractivity contribution in [2.24, 2.45) is 7.05 Å². The molecule has 0 spiro atoms. The molecule has 0 atom stereocenters. The third-order valence-corrected chi connectivity index (χ3v) is 2.04. The van der Waals surface area contributed by atoms with Crippen molar-refractivity contribution in [3.05, 3.63) is 29.8 Å². The molecule has 0 aliphatic heterocycles. The average molecular weight is 194 g/mol. The van der Waals surface area contributed by atoms with Gasteiger partial charge in [-0.3, -0.25) is 9.48 Å². The molecule has 0 aromatic carbocycles. The van der Waals surface area contributed by atoms with E-state index in [0.29, 0.717) is 11.3 Å². The molecule has 0 fully saturated rings. The zero-order chi connectivity index (χ0) is 9.26. The van der Waals surface area contributed by atoms with Crippen LogP contribution in [0, 0.1) is 0 Å². The van der Waals surface area contributed by atoms with E-state index in [0.717, 1.165) is 11.7 Å². The van der Waals surface area contributed by atoms with E-state index in [9.17, 15) is 4.79 Å². The van der Waals surface area contributed by atoms with Crippen molar-refractivity contribution in [1.29, 1.82) is 0 Å². The Labute approximate surface area is 78.3 Å². The zero-order valence-corrected chi connectivity index (χ0v) is 7.65. The molecule has 0 amide bonds. The maximum atomic E-state index is 11.6. The van der Waals surface area contributed by atoms with Crippen LogP contribution >= 0.6 is 11.7 Å². The Morgan fingerprint density at radius 3 is 2.92 bits per heavy atom. The summed E-state index contributed by atoms with van der Waals surface area (Å²) in [4.78, 5) is 11.6. The fraction of sp³-hybridized carbons (Fsp3) is 0.143. The summed E-state index contributed by atoms with van der Waals surface area (Å²) in [6, 6.07) is 0. The standard InChI is InChI=1S/C7H6N4OS/c1-11-4-5(2-8-11)7(12)6-3-9-13-10-6/h2-4H,1H3. The number of carbonyl (C=O) groups excluding carboxylic acids is 1. The maximum absolute atomic E-state index is 11.6. The topological polar surface area (TPSA) is 60.7 Å². The van der Waals surface area contributed by atoms with Crippen LogP contribution in [0.3, 0.4) is 0 Å². The summed E-state index contributed by atoms with van der Waals surface area (Å²) in [6.07, 6.45) is 4.63. The Morgan fingerprint density at radius 2 is 2.38 bits per heavy atom. The number of carbonyl (C=O) groups is 1. The van der Waals surface area contributed by atoms with E-state index >= 15 is 0 Å². The van der Waals surface area contributed by atoms with Crippen LogP contribution in [0.25, 0.3) is 0 Å². The predicted molar refractivity (Wildman–Crippen MR) is 46.5 cm³/mol. The molecule has 0 aliphatic carbocycles. The second-order valence-corrected chi connectivity index (χ2v) is 3.08. The summed E-state index contributed by atoms with van der Waals surface area (Å²) in [5.74, 6) is -0.137. The van der Waals surface area contributed by atoms with Crippen LogP contribution in [-0.2, 0) is 7.05 Å². The third-order valence-electron chi connectivity index (χ3n) is 1.56. The Kier molecular flexibility index (Phi) is 1.90. The molecular weight excluding hydrogens is 188 g/mol. The van der Waals surface area contributed by atoms with Crippen molar-refractivity contribution in [2.75, 3.05) is 0 Å². The lowest BCUT2D eigenvalue weighted by molar-refractivity contribution is 0.103. The molecule has 0 saturated heterocycles. The Balaban J connectivity index is 2.33. The van der Waals surface area contributed by atoms with Crippen molar-refractivity contribution in [3.8, 4) is 0 Å². The van der Waals surface area contributed by atoms with E-state index in [1.807, 2.05) is 0 Å². The Hall–Kier alpha value is -1.56. The van der Waals surface area contributed by atoms with Gasteiger partial charge in [0.15, 0.2) is 0 Å². The van der Waals surface area contributed by atoms with Gasteiger partial charge in [0.1, 0.15) is 5.69 Å². The monoisotopic (exact) mass is 194 g/mol. The second kappa shape index (κ2) is 3.06. The molecule has 2 rings (SSSR count). The quantitative estimate of drug-likeness (QED) is 0.653. The lowest BCUT2D eigenvalue weighted by Crippen LogP contribution is -1.99. The SMILES string of the molecule is Cn1cc(C(=O)c2cnsn2)cn1. The summed E-state index contributed by atoms with van der Waals surface area (Å²) >= 11 is 1.02. The van der Waals surface area contributed by atoms with E-state index in [1.54, 1.807) is 17.9 Å². The average Bonchev–Trinajstić information content (AvgIpc) is 2.72. The second-order valence-electron chi connectivity index (χ2n) is 2.52. The van der Waals surface area contributed by atoms with Crippen LogP contribution in [0.2, 0.25) is 0 Å². The van der Waals surface area contributed by atoms with Crippen LogP contribution in [0.1, 0.15) is 16.1 Å². The largest absolute Gasteiger partial charge is 0.287 e. The van der Waals surface area contributed by atoms with Crippen molar-refractivity contribution < 1.29 is 4.79 Å². The molecule has 0 aliphatic rings. The molecule has 5 nitrogen and oxygen atoms in total. The molecule has 13 heavy (non-hydrogen) atoms. The third kappa shape index (κ3) is 1.48. The van der Waals surface area contributed by atoms with E-state index in [2.05, 4.69) is 13.8 Å². The van der Waals surface area contributed by atoms with Gasteiger partial charge in [0.05, 0.1) is 29.7 Å². The summed E-state index contributed by atoms with van der Waals surface area (Å²) in [5, 5.41) is 3.90. The lowest BCUT2D eigenvalue weighted by atomic mass is 10.2. The van der Waals surface area contributed by atoms with Gasteiger partial charge >= 0.3 is 0 Å². The normalized spacial score (nSPS) is 10.2. The summed E-state index contributed by atoms with van der Waals surface area (Å²) < 4.78 is 9.18. The van der Waals surface area contributed by atoms with Crippen molar-refractivity contribution in [2.45, 2.75) is 0 Å². The zero-order valence-electron chi connectivity index (χ0n) is 6.84. The molecule has 0 radical (unpaired) electrons. The van der Waals surface area contributed by atoms with Gasteiger partial charge in [0.2, 0.25) is 5.78 Å². The van der Waals surface area contributed by atoms with Crippen LogP contribution < -0.4 is 0 Å². The lowest BCUT2D eigenvalue weighted by Gasteiger charge is -1.88. The fourth-order valence-electron chi connectivity index (χ4n) is 0.951. The highest BCUT2D eigenvalue weighted by atomic mass is 32.1. The fourth-order valence-corrected chi connectivity index (χ4v) is 1.36. The summed E-state index contributed by atoms with van der Waals surface area (Å²) in [7, 11) is 1.76. The van der Waals surface area contributed by atoms with Gasteiger partial charge in [-0.2, -0.15) is 13.8 Å². The number of ketones is 1. The number of nitrogens with zero attached hydrogens (tertiary/aromatic N) is 4. The van der Waals surface area contributed by atoms with E-state index in [1.165, 1.54) is 12.4 Å². The number of hydrogen-bond donors (Lipinski definition) is 0. The van der Waals surface area contributed by atoms with E-state index in [4.69, 9.17) is 0 Å². The molecule has 2 aromatic heterocycles. The molecule has 0 bridgehead atoms. The highest BCUT2D eigenvalue weighted by molar-refractivity contribution is 6.99. The van der Waals surface area contributed by atoms with Gasteiger partial charge in [-0.15, -0.1) is 0 Å². The first-order valence-corrected chi connectivity index (χ1v) is 4.31. The summed E-state index contributed by atoms with van der Waals surface area (Å²) in [6.45, 7) is 0. The minimum Gasteiger partial charge on any atom is -0.287 e. The van der Waals surface area contributed by atoms with Gasteiger partial charge in [0.25, 0.3) is 0 Å². The number of rotatable bonds is 2. The number of hydrogen-bond acceptors (Lipinski definition) is 5. The Bertz CT molecular complexity index is 419. The molecule has 0 saturated carbocycles. The van der Waals surface area contributed by atoms with Gasteiger partial charge in [-0.1, -0.05) is 0 Å². The van der Waals surface area contributed by atoms with Crippen LogP contribution in [0.4, 0.5) is 0 Å². The number of aryl methyl sites for hydroxylation is 1. The minimum atomic E-state index is -0.137. The first-order valence-electron chi connectivity index (χ1n) is 3.58. The predicted octanol–water partition coefficient (Wildman–Crippen LogP) is 0.503. The smallest absolute Gasteiger partial charge is 0.217 e. The van der Waals surface area contributed by atoms with Gasteiger partial charge in [0, 0.05) is 13.2 Å². The highest BCUT2D eigenvalue weighted by Gasteiger charge is 2.12. The first kappa shape index (κ1) is 8.06. The Morgan fingerprint density at radius 1 is 1.54 bits per heavy atom. The minimum absolute atomic E-state index is 0.137. The van der Waals surface area contributed by atoms with Crippen molar-refractivity contribution in [3.63, 3.8) is 0 Å². The highest BCUT2D eigenvalue weighted by Crippen LogP contribution is 2.05. The van der Waals surface area contributed by atoms with Gasteiger partial charge in [-0.05, 0) is 0 Å². The van der Waals surface area contributed by atoms with Crippen LogP contribution in [0.5, 0.6) is 0 Å². The molecule has 0 N–H and O–H groups in total. The molecule has 66 valence electrons. The summed E-state index contributed by atoms with van der Waals surface area (Å²) in [5.41, 5.74) is 0.910. The van der Waals surface area contributed by atoms with Crippen LogP contribution in [-0.4, -0.2) is 24.3 Å². The number of aromatic nitrogens is 4. The van der Waals surface area contributed by atoms with Crippen molar-refractivity contribution >= 4 is 17.5 Å². The van der Waals surface area contributed by atoms with E-state index in [-0.39, 0.29) is 5.78 Å².